The Labute approximate surface area is 106 Å². The van der Waals surface area contributed by atoms with Crippen molar-refractivity contribution < 1.29 is 9.84 Å². The van der Waals surface area contributed by atoms with E-state index in [1.54, 1.807) is 13.2 Å². The van der Waals surface area contributed by atoms with Gasteiger partial charge in [-0.1, -0.05) is 18.2 Å². The molecule has 2 N–H and O–H groups in total. The Bertz CT molecular complexity index is 563. The zero-order valence-corrected chi connectivity index (χ0v) is 10.2. The summed E-state index contributed by atoms with van der Waals surface area (Å²) in [5.41, 5.74) is 3.58. The number of ether oxygens (including phenoxy) is 1. The van der Waals surface area contributed by atoms with E-state index in [1.165, 1.54) is 11.1 Å². The van der Waals surface area contributed by atoms with E-state index in [0.717, 1.165) is 17.9 Å². The molecule has 2 aromatic carbocycles. The van der Waals surface area contributed by atoms with Crippen molar-refractivity contribution in [3.05, 3.63) is 59.2 Å². The summed E-state index contributed by atoms with van der Waals surface area (Å²) in [5, 5.41) is 13.0. The first-order chi connectivity index (χ1) is 8.78. The molecule has 2 aromatic rings. The van der Waals surface area contributed by atoms with Gasteiger partial charge >= 0.3 is 0 Å². The normalized spacial score (nSPS) is 17.5. The van der Waals surface area contributed by atoms with Crippen LogP contribution in [0.3, 0.4) is 0 Å². The van der Waals surface area contributed by atoms with Gasteiger partial charge in [-0.3, -0.25) is 0 Å². The number of hydrogen-bond acceptors (Lipinski definition) is 3. The van der Waals surface area contributed by atoms with Crippen molar-refractivity contribution in [2.45, 2.75) is 12.6 Å². The number of phenolic OH excluding ortho intramolecular Hbond substituents is 1. The van der Waals surface area contributed by atoms with Crippen molar-refractivity contribution in [3.63, 3.8) is 0 Å². The molecule has 1 aliphatic heterocycles. The zero-order chi connectivity index (χ0) is 12.5. The van der Waals surface area contributed by atoms with E-state index in [4.69, 9.17) is 4.74 Å². The van der Waals surface area contributed by atoms with Gasteiger partial charge in [-0.2, -0.15) is 0 Å². The summed E-state index contributed by atoms with van der Waals surface area (Å²) >= 11 is 0. The molecule has 0 radical (unpaired) electrons. The molecule has 0 amide bonds. The van der Waals surface area contributed by atoms with Gasteiger partial charge < -0.3 is 15.2 Å². The highest BCUT2D eigenvalue weighted by molar-refractivity contribution is 5.45. The maximum Gasteiger partial charge on any atom is 0.118 e. The van der Waals surface area contributed by atoms with Crippen LogP contribution in [-0.4, -0.2) is 12.2 Å². The fourth-order valence-electron chi connectivity index (χ4n) is 2.43. The van der Waals surface area contributed by atoms with Gasteiger partial charge in [0.2, 0.25) is 0 Å². The molecule has 1 heterocycles. The lowest BCUT2D eigenvalue weighted by atomic mass is 9.98. The molecule has 1 aliphatic rings. The number of benzene rings is 2. The molecule has 0 fully saturated rings. The molecule has 3 nitrogen and oxygen atoms in total. The summed E-state index contributed by atoms with van der Waals surface area (Å²) in [6.07, 6.45) is 0. The van der Waals surface area contributed by atoms with Gasteiger partial charge in [0, 0.05) is 6.54 Å². The highest BCUT2D eigenvalue weighted by atomic mass is 16.5. The van der Waals surface area contributed by atoms with Crippen LogP contribution >= 0.6 is 0 Å². The Morgan fingerprint density at radius 3 is 2.67 bits per heavy atom. The van der Waals surface area contributed by atoms with Crippen LogP contribution in [-0.2, 0) is 6.54 Å². The van der Waals surface area contributed by atoms with Gasteiger partial charge in [0.25, 0.3) is 0 Å². The molecule has 0 aliphatic carbocycles. The van der Waals surface area contributed by atoms with E-state index in [9.17, 15) is 5.11 Å². The smallest absolute Gasteiger partial charge is 0.118 e. The van der Waals surface area contributed by atoms with Crippen LogP contribution in [0.2, 0.25) is 0 Å². The fourth-order valence-corrected chi connectivity index (χ4v) is 2.43. The molecule has 18 heavy (non-hydrogen) atoms. The standard InChI is InChI=1S/C15H15NO2/c1-18-13-6-3-10(4-7-13)15-14-8-12(17)5-2-11(14)9-16-15/h2-8,15-17H,9H2,1H3. The van der Waals surface area contributed by atoms with E-state index < -0.39 is 0 Å². The second kappa shape index (κ2) is 4.35. The Balaban J connectivity index is 1.97. The Morgan fingerprint density at radius 2 is 1.94 bits per heavy atom. The predicted octanol–water partition coefficient (Wildman–Crippen LogP) is 2.59. The minimum absolute atomic E-state index is 0.151. The average molecular weight is 241 g/mol. The lowest BCUT2D eigenvalue weighted by molar-refractivity contribution is 0.414. The monoisotopic (exact) mass is 241 g/mol. The molecular weight excluding hydrogens is 226 g/mol. The molecule has 0 aromatic heterocycles. The SMILES string of the molecule is COc1ccc(C2NCc3ccc(O)cc32)cc1. The van der Waals surface area contributed by atoms with Crippen LogP contribution in [0.1, 0.15) is 22.7 Å². The molecule has 1 atom stereocenters. The van der Waals surface area contributed by atoms with E-state index in [1.807, 2.05) is 24.3 Å². The third-order valence-corrected chi connectivity index (χ3v) is 3.39. The summed E-state index contributed by atoms with van der Waals surface area (Å²) in [6, 6.07) is 13.7. The van der Waals surface area contributed by atoms with Crippen LogP contribution in [0, 0.1) is 0 Å². The van der Waals surface area contributed by atoms with Gasteiger partial charge in [0.15, 0.2) is 0 Å². The van der Waals surface area contributed by atoms with Crippen molar-refractivity contribution >= 4 is 0 Å². The maximum atomic E-state index is 9.60. The number of aromatic hydroxyl groups is 1. The van der Waals surface area contributed by atoms with Crippen LogP contribution < -0.4 is 10.1 Å². The summed E-state index contributed by atoms with van der Waals surface area (Å²) < 4.78 is 5.16. The maximum absolute atomic E-state index is 9.60. The number of rotatable bonds is 2. The van der Waals surface area contributed by atoms with Gasteiger partial charge in [-0.15, -0.1) is 0 Å². The van der Waals surface area contributed by atoms with E-state index in [0.29, 0.717) is 5.75 Å². The van der Waals surface area contributed by atoms with Crippen LogP contribution in [0.4, 0.5) is 0 Å². The second-order valence-corrected chi connectivity index (χ2v) is 4.47. The number of nitrogens with one attached hydrogen (secondary N) is 1. The second-order valence-electron chi connectivity index (χ2n) is 4.47. The fraction of sp³-hybridized carbons (Fsp3) is 0.200. The first-order valence-electron chi connectivity index (χ1n) is 5.97. The molecule has 0 saturated heterocycles. The summed E-state index contributed by atoms with van der Waals surface area (Å²) in [7, 11) is 1.66. The largest absolute Gasteiger partial charge is 0.508 e. The van der Waals surface area contributed by atoms with Gasteiger partial charge in [0.05, 0.1) is 13.2 Å². The first kappa shape index (κ1) is 11.1. The Kier molecular flexibility index (Phi) is 2.68. The molecule has 3 rings (SSSR count). The van der Waals surface area contributed by atoms with Crippen LogP contribution in [0.15, 0.2) is 42.5 Å². The minimum Gasteiger partial charge on any atom is -0.508 e. The van der Waals surface area contributed by atoms with Crippen molar-refractivity contribution in [1.29, 1.82) is 0 Å². The third-order valence-electron chi connectivity index (χ3n) is 3.39. The minimum atomic E-state index is 0.151. The van der Waals surface area contributed by atoms with Gasteiger partial charge in [-0.05, 0) is 41.0 Å². The average Bonchev–Trinajstić information content (AvgIpc) is 2.82. The van der Waals surface area contributed by atoms with Crippen LogP contribution in [0.25, 0.3) is 0 Å². The summed E-state index contributed by atoms with van der Waals surface area (Å²) in [4.78, 5) is 0. The molecule has 0 saturated carbocycles. The zero-order valence-electron chi connectivity index (χ0n) is 10.2. The Hall–Kier alpha value is -2.00. The third kappa shape index (κ3) is 1.83. The topological polar surface area (TPSA) is 41.5 Å². The number of hydrogen-bond donors (Lipinski definition) is 2. The lowest BCUT2D eigenvalue weighted by Gasteiger charge is -2.13. The van der Waals surface area contributed by atoms with Crippen molar-refractivity contribution in [2.24, 2.45) is 0 Å². The molecule has 1 unspecified atom stereocenters. The van der Waals surface area contributed by atoms with Gasteiger partial charge in [-0.25, -0.2) is 0 Å². The molecular formula is C15H15NO2. The molecule has 92 valence electrons. The highest BCUT2D eigenvalue weighted by Gasteiger charge is 2.23. The predicted molar refractivity (Wildman–Crippen MR) is 69.8 cm³/mol. The van der Waals surface area contributed by atoms with Crippen molar-refractivity contribution in [3.8, 4) is 11.5 Å². The molecule has 3 heteroatoms. The van der Waals surface area contributed by atoms with Crippen molar-refractivity contribution in [1.82, 2.24) is 5.32 Å². The van der Waals surface area contributed by atoms with Crippen LogP contribution in [0.5, 0.6) is 11.5 Å². The number of phenols is 1. The Morgan fingerprint density at radius 1 is 1.17 bits per heavy atom. The number of fused-ring (bicyclic) bond motifs is 1. The summed E-state index contributed by atoms with van der Waals surface area (Å²) in [5.74, 6) is 1.17. The van der Waals surface area contributed by atoms with E-state index in [-0.39, 0.29) is 6.04 Å². The molecule has 0 bridgehead atoms. The first-order valence-corrected chi connectivity index (χ1v) is 5.97. The highest BCUT2D eigenvalue weighted by Crippen LogP contribution is 2.33. The quantitative estimate of drug-likeness (QED) is 0.849. The molecule has 0 spiro atoms. The van der Waals surface area contributed by atoms with E-state index in [2.05, 4.69) is 17.4 Å². The lowest BCUT2D eigenvalue weighted by Crippen LogP contribution is -2.13. The van der Waals surface area contributed by atoms with E-state index >= 15 is 0 Å². The van der Waals surface area contributed by atoms with Gasteiger partial charge in [0.1, 0.15) is 11.5 Å². The number of methoxy groups -OCH3 is 1. The summed E-state index contributed by atoms with van der Waals surface area (Å²) in [6.45, 7) is 0.840. The van der Waals surface area contributed by atoms with Crippen molar-refractivity contribution in [2.75, 3.05) is 7.11 Å².